The van der Waals surface area contributed by atoms with Crippen LogP contribution in [0, 0.1) is 0 Å². The second kappa shape index (κ2) is 4.07. The third-order valence-electron chi connectivity index (χ3n) is 3.05. The molecule has 0 saturated carbocycles. The molecule has 1 atom stereocenters. The number of hydrogen-bond acceptors (Lipinski definition) is 3. The molecule has 2 aromatic heterocycles. The lowest BCUT2D eigenvalue weighted by Gasteiger charge is -2.09. The zero-order valence-electron chi connectivity index (χ0n) is 8.93. The molecule has 2 heterocycles. The first-order chi connectivity index (χ1) is 8.16. The van der Waals surface area contributed by atoms with Crippen LogP contribution in [0.15, 0.2) is 4.79 Å². The topological polar surface area (TPSA) is 45.8 Å². The minimum absolute atomic E-state index is 0.0947. The van der Waals surface area contributed by atoms with Crippen LogP contribution in [0.1, 0.15) is 34.7 Å². The zero-order chi connectivity index (χ0) is 12.0. The average molecular weight is 273 g/mol. The number of aromatic amines is 1. The monoisotopic (exact) mass is 272 g/mol. The summed E-state index contributed by atoms with van der Waals surface area (Å²) in [6.45, 7) is 0. The smallest absolute Gasteiger partial charge is 0.260 e. The van der Waals surface area contributed by atoms with Crippen molar-refractivity contribution >= 4 is 33.2 Å². The lowest BCUT2D eigenvalue weighted by atomic mass is 9.97. The fourth-order valence-corrected chi connectivity index (χ4v) is 3.66. The van der Waals surface area contributed by atoms with E-state index in [0.717, 1.165) is 31.2 Å². The third kappa shape index (κ3) is 1.77. The van der Waals surface area contributed by atoms with E-state index in [1.807, 2.05) is 0 Å². The normalized spacial score (nSPS) is 17.1. The lowest BCUT2D eigenvalue weighted by molar-refractivity contribution is 0.441. The number of halogens is 2. The molecular formula is C11H10ClFN2OS. The number of aryl methyl sites for hydroxylation is 2. The molecule has 17 heavy (non-hydrogen) atoms. The molecule has 1 N–H and O–H groups in total. The Morgan fingerprint density at radius 1 is 1.41 bits per heavy atom. The Hall–Kier alpha value is -0.940. The summed E-state index contributed by atoms with van der Waals surface area (Å²) < 4.78 is 13.0. The molecule has 1 unspecified atom stereocenters. The highest BCUT2D eigenvalue weighted by molar-refractivity contribution is 7.18. The van der Waals surface area contributed by atoms with E-state index in [0.29, 0.717) is 10.2 Å². The van der Waals surface area contributed by atoms with E-state index in [4.69, 9.17) is 11.6 Å². The minimum Gasteiger partial charge on any atom is -0.306 e. The van der Waals surface area contributed by atoms with E-state index < -0.39 is 5.63 Å². The Morgan fingerprint density at radius 3 is 2.94 bits per heavy atom. The van der Waals surface area contributed by atoms with Crippen LogP contribution in [-0.4, -0.2) is 9.97 Å². The van der Waals surface area contributed by atoms with Gasteiger partial charge >= 0.3 is 0 Å². The van der Waals surface area contributed by atoms with Crippen LogP contribution >= 0.6 is 22.9 Å². The van der Waals surface area contributed by atoms with Crippen LogP contribution in [-0.2, 0) is 12.8 Å². The highest BCUT2D eigenvalue weighted by Crippen LogP contribution is 2.34. The summed E-state index contributed by atoms with van der Waals surface area (Å²) in [5.74, 6) is -0.0947. The van der Waals surface area contributed by atoms with Gasteiger partial charge in [-0.25, -0.2) is 9.37 Å². The van der Waals surface area contributed by atoms with E-state index in [2.05, 4.69) is 9.97 Å². The van der Waals surface area contributed by atoms with Gasteiger partial charge in [-0.2, -0.15) is 0 Å². The molecule has 90 valence electrons. The summed E-state index contributed by atoms with van der Waals surface area (Å²) >= 11 is 6.80. The highest BCUT2D eigenvalue weighted by Gasteiger charge is 2.21. The Balaban J connectivity index is 2.31. The zero-order valence-corrected chi connectivity index (χ0v) is 10.5. The van der Waals surface area contributed by atoms with Gasteiger partial charge in [-0.15, -0.1) is 11.3 Å². The van der Waals surface area contributed by atoms with Gasteiger partial charge in [0.15, 0.2) is 5.82 Å². The largest absolute Gasteiger partial charge is 0.306 e. The van der Waals surface area contributed by atoms with Crippen LogP contribution in [0.2, 0.25) is 0 Å². The summed E-state index contributed by atoms with van der Waals surface area (Å²) in [5.41, 5.74) is -0.930. The molecule has 0 saturated heterocycles. The highest BCUT2D eigenvalue weighted by atomic mass is 35.5. The molecule has 0 fully saturated rings. The molecule has 0 amide bonds. The van der Waals surface area contributed by atoms with Gasteiger partial charge in [-0.05, 0) is 31.2 Å². The Kier molecular flexibility index (Phi) is 2.67. The molecular weight excluding hydrogens is 263 g/mol. The van der Waals surface area contributed by atoms with E-state index in [-0.39, 0.29) is 11.4 Å². The van der Waals surface area contributed by atoms with E-state index >= 15 is 0 Å². The van der Waals surface area contributed by atoms with E-state index in [9.17, 15) is 9.18 Å². The molecule has 0 aliphatic heterocycles. The van der Waals surface area contributed by atoms with Crippen molar-refractivity contribution in [3.8, 4) is 0 Å². The second-order valence-corrected chi connectivity index (χ2v) is 5.61. The first kappa shape index (κ1) is 11.2. The third-order valence-corrected chi connectivity index (χ3v) is 4.44. The van der Waals surface area contributed by atoms with Crippen molar-refractivity contribution in [2.24, 2.45) is 0 Å². The molecule has 1 aliphatic carbocycles. The van der Waals surface area contributed by atoms with Gasteiger partial charge in [0.2, 0.25) is 5.63 Å². The number of alkyl halides is 2. The number of aromatic nitrogens is 2. The minimum atomic E-state index is -1.76. The fraction of sp³-hybridized carbons (Fsp3) is 0.455. The molecule has 0 aromatic carbocycles. The number of nitrogens with one attached hydrogen (secondary N) is 1. The summed E-state index contributed by atoms with van der Waals surface area (Å²) in [5, 5.41) is 0.630. The molecule has 3 rings (SSSR count). The van der Waals surface area contributed by atoms with Crippen molar-refractivity contribution in [2.75, 3.05) is 0 Å². The maximum atomic E-state index is 13.0. The van der Waals surface area contributed by atoms with E-state index in [1.165, 1.54) is 16.2 Å². The average Bonchev–Trinajstić information content (AvgIpc) is 2.67. The second-order valence-electron chi connectivity index (χ2n) is 4.14. The molecule has 3 nitrogen and oxygen atoms in total. The molecule has 2 aromatic rings. The van der Waals surface area contributed by atoms with Crippen molar-refractivity contribution in [3.05, 3.63) is 26.6 Å². The number of fused-ring (bicyclic) bond motifs is 3. The summed E-state index contributed by atoms with van der Waals surface area (Å²) in [7, 11) is 0. The summed E-state index contributed by atoms with van der Waals surface area (Å²) in [6, 6.07) is 0. The van der Waals surface area contributed by atoms with E-state index in [1.54, 1.807) is 0 Å². The van der Waals surface area contributed by atoms with Crippen LogP contribution in [0.5, 0.6) is 0 Å². The molecule has 0 spiro atoms. The van der Waals surface area contributed by atoms with Crippen molar-refractivity contribution in [1.82, 2.24) is 9.97 Å². The number of nitrogens with zero attached hydrogens (tertiary/aromatic N) is 1. The maximum Gasteiger partial charge on any atom is 0.260 e. The summed E-state index contributed by atoms with van der Waals surface area (Å²) in [6.07, 6.45) is 4.15. The van der Waals surface area contributed by atoms with Gasteiger partial charge in [0.05, 0.1) is 5.39 Å². The Bertz CT molecular complexity index is 634. The molecule has 0 radical (unpaired) electrons. The predicted octanol–water partition coefficient (Wildman–Crippen LogP) is 3.07. The van der Waals surface area contributed by atoms with Crippen LogP contribution in [0.25, 0.3) is 10.2 Å². The SMILES string of the molecule is O=c1[nH]c(C(F)Cl)nc2sc3c(c12)CCCC3. The lowest BCUT2D eigenvalue weighted by Crippen LogP contribution is -2.12. The fourth-order valence-electron chi connectivity index (χ4n) is 2.28. The van der Waals surface area contributed by atoms with Gasteiger partial charge in [-0.3, -0.25) is 4.79 Å². The number of thiophene rings is 1. The maximum absolute atomic E-state index is 13.0. The summed E-state index contributed by atoms with van der Waals surface area (Å²) in [4.78, 5) is 20.3. The van der Waals surface area contributed by atoms with Crippen LogP contribution in [0.4, 0.5) is 4.39 Å². The van der Waals surface area contributed by atoms with Gasteiger partial charge in [0.25, 0.3) is 5.56 Å². The van der Waals surface area contributed by atoms with Gasteiger partial charge in [0, 0.05) is 4.88 Å². The first-order valence-corrected chi connectivity index (χ1v) is 6.74. The quantitative estimate of drug-likeness (QED) is 0.811. The standard InChI is InChI=1S/C11H10ClFN2OS/c12-8(13)9-14-10(16)7-5-3-1-2-4-6(5)17-11(7)15-9/h8H,1-4H2,(H,14,15,16). The first-order valence-electron chi connectivity index (χ1n) is 5.49. The molecule has 6 heteroatoms. The predicted molar refractivity (Wildman–Crippen MR) is 66.6 cm³/mol. The number of rotatable bonds is 1. The van der Waals surface area contributed by atoms with Gasteiger partial charge in [0.1, 0.15) is 4.83 Å². The van der Waals surface area contributed by atoms with Crippen molar-refractivity contribution in [3.63, 3.8) is 0 Å². The van der Waals surface area contributed by atoms with Crippen LogP contribution < -0.4 is 5.56 Å². The van der Waals surface area contributed by atoms with Gasteiger partial charge in [-0.1, -0.05) is 11.6 Å². The van der Waals surface area contributed by atoms with Crippen molar-refractivity contribution < 1.29 is 4.39 Å². The molecule has 0 bridgehead atoms. The number of hydrogen-bond donors (Lipinski definition) is 1. The Morgan fingerprint density at radius 2 is 2.18 bits per heavy atom. The van der Waals surface area contributed by atoms with Gasteiger partial charge < -0.3 is 4.98 Å². The van der Waals surface area contributed by atoms with Crippen molar-refractivity contribution in [1.29, 1.82) is 0 Å². The Labute approximate surface area is 106 Å². The number of H-pyrrole nitrogens is 1. The van der Waals surface area contributed by atoms with Crippen LogP contribution in [0.3, 0.4) is 0 Å². The molecule has 1 aliphatic rings. The van der Waals surface area contributed by atoms with Crippen molar-refractivity contribution in [2.45, 2.75) is 31.3 Å².